The second kappa shape index (κ2) is 14.6. The molecule has 1 atom stereocenters. The number of rotatable bonds is 9. The summed E-state index contributed by atoms with van der Waals surface area (Å²) in [5, 5.41) is 6.77. The lowest BCUT2D eigenvalue weighted by molar-refractivity contribution is 0.0827. The number of hydrogen-bond acceptors (Lipinski definition) is 4. The second-order valence-corrected chi connectivity index (χ2v) is 8.12. The molecule has 2 rings (SSSR count). The van der Waals surface area contributed by atoms with Crippen LogP contribution in [0.2, 0.25) is 0 Å². The van der Waals surface area contributed by atoms with Crippen LogP contribution in [0.4, 0.5) is 0 Å². The van der Waals surface area contributed by atoms with Crippen LogP contribution in [-0.4, -0.2) is 99.1 Å². The first-order valence-corrected chi connectivity index (χ1v) is 11.2. The summed E-state index contributed by atoms with van der Waals surface area (Å²) >= 11 is 0. The minimum absolute atomic E-state index is 0. The molecule has 1 aromatic carbocycles. The number of nitrogens with one attached hydrogen (secondary N) is 2. The van der Waals surface area contributed by atoms with E-state index in [1.807, 2.05) is 18.2 Å². The van der Waals surface area contributed by atoms with Crippen LogP contribution in [0.5, 0.6) is 0 Å². The lowest BCUT2D eigenvalue weighted by Gasteiger charge is -2.37. The summed E-state index contributed by atoms with van der Waals surface area (Å²) in [6.45, 7) is 14.7. The van der Waals surface area contributed by atoms with E-state index >= 15 is 0 Å². The van der Waals surface area contributed by atoms with Gasteiger partial charge in [-0.25, -0.2) is 0 Å². The number of likely N-dealkylation sites (N-methyl/N-ethyl adjacent to an activating group) is 1. The van der Waals surface area contributed by atoms with Gasteiger partial charge in [-0.05, 0) is 44.5 Å². The van der Waals surface area contributed by atoms with Gasteiger partial charge in [0.05, 0.1) is 6.54 Å². The van der Waals surface area contributed by atoms with Crippen LogP contribution in [0.3, 0.4) is 0 Å². The van der Waals surface area contributed by atoms with Crippen LogP contribution in [0, 0.1) is 0 Å². The maximum Gasteiger partial charge on any atom is 0.253 e. The maximum atomic E-state index is 12.2. The van der Waals surface area contributed by atoms with Gasteiger partial charge in [-0.1, -0.05) is 19.1 Å². The summed E-state index contributed by atoms with van der Waals surface area (Å²) in [5.41, 5.74) is 1.88. The largest absolute Gasteiger partial charge is 0.357 e. The average Bonchev–Trinajstić information content (AvgIpc) is 2.76. The minimum atomic E-state index is 0. The average molecular weight is 545 g/mol. The van der Waals surface area contributed by atoms with Gasteiger partial charge in [-0.3, -0.25) is 14.7 Å². The molecule has 7 nitrogen and oxygen atoms in total. The highest BCUT2D eigenvalue weighted by atomic mass is 127. The molecule has 0 saturated carbocycles. The lowest BCUT2D eigenvalue weighted by Crippen LogP contribution is -2.50. The third-order valence-electron chi connectivity index (χ3n) is 5.62. The molecule has 1 fully saturated rings. The topological polar surface area (TPSA) is 63.2 Å². The van der Waals surface area contributed by atoms with Crippen molar-refractivity contribution in [3.63, 3.8) is 0 Å². The summed E-state index contributed by atoms with van der Waals surface area (Å²) < 4.78 is 0. The maximum absolute atomic E-state index is 12.2. The minimum Gasteiger partial charge on any atom is -0.357 e. The van der Waals surface area contributed by atoms with Crippen LogP contribution < -0.4 is 10.6 Å². The van der Waals surface area contributed by atoms with E-state index in [0.29, 0.717) is 6.04 Å². The van der Waals surface area contributed by atoms with Crippen molar-refractivity contribution in [3.05, 3.63) is 35.4 Å². The molecule has 0 spiro atoms. The van der Waals surface area contributed by atoms with Crippen LogP contribution in [-0.2, 0) is 6.42 Å². The third kappa shape index (κ3) is 9.33. The molecule has 1 saturated heterocycles. The molecule has 1 aromatic rings. The number of carbonyl (C=O) groups excluding carboxylic acids is 1. The molecule has 1 unspecified atom stereocenters. The van der Waals surface area contributed by atoms with Crippen molar-refractivity contribution in [2.24, 2.45) is 4.99 Å². The van der Waals surface area contributed by atoms with Crippen LogP contribution in [0.15, 0.2) is 29.3 Å². The number of carbonyl (C=O) groups is 1. The van der Waals surface area contributed by atoms with Gasteiger partial charge < -0.3 is 20.4 Å². The normalized spacial score (nSPS) is 16.4. The zero-order valence-corrected chi connectivity index (χ0v) is 22.2. The Balaban J connectivity index is 0.00000480. The van der Waals surface area contributed by atoms with Crippen molar-refractivity contribution < 1.29 is 4.79 Å². The molecule has 0 bridgehead atoms. The fraction of sp³-hybridized carbons (Fsp3) is 0.652. The van der Waals surface area contributed by atoms with E-state index in [2.05, 4.69) is 47.3 Å². The van der Waals surface area contributed by atoms with Crippen molar-refractivity contribution in [3.8, 4) is 0 Å². The number of amides is 1. The van der Waals surface area contributed by atoms with Gasteiger partial charge >= 0.3 is 0 Å². The predicted octanol–water partition coefficient (Wildman–Crippen LogP) is 2.13. The summed E-state index contributed by atoms with van der Waals surface area (Å²) in [7, 11) is 3.56. The standard InChI is InChI=1S/C23H40N6O.HI/c1-6-24-23(26-18-19(3)29-15-13-28(7-2)14-16-29)25-12-11-20-9-8-10-21(17-20)22(30)27(4)5;/h8-10,17,19H,6-7,11-16,18H2,1-5H3,(H2,24,25,26);1H. The summed E-state index contributed by atoms with van der Waals surface area (Å²) in [6.07, 6.45) is 0.841. The van der Waals surface area contributed by atoms with E-state index in [0.717, 1.165) is 75.9 Å². The molecular formula is C23H41IN6O. The number of halogens is 1. The number of piperazine rings is 1. The molecule has 1 amide bonds. The van der Waals surface area contributed by atoms with Crippen LogP contribution >= 0.6 is 24.0 Å². The predicted molar refractivity (Wildman–Crippen MR) is 141 cm³/mol. The Morgan fingerprint density at radius 1 is 1.16 bits per heavy atom. The molecule has 1 aliphatic rings. The molecule has 0 aliphatic carbocycles. The van der Waals surface area contributed by atoms with E-state index in [-0.39, 0.29) is 29.9 Å². The number of benzene rings is 1. The number of hydrogen-bond donors (Lipinski definition) is 2. The molecule has 1 aliphatic heterocycles. The molecule has 1 heterocycles. The summed E-state index contributed by atoms with van der Waals surface area (Å²) in [6, 6.07) is 8.30. The van der Waals surface area contributed by atoms with E-state index in [4.69, 9.17) is 4.99 Å². The van der Waals surface area contributed by atoms with E-state index in [1.54, 1.807) is 19.0 Å². The monoisotopic (exact) mass is 544 g/mol. The van der Waals surface area contributed by atoms with E-state index in [9.17, 15) is 4.79 Å². The Bertz CT molecular complexity index is 688. The first-order chi connectivity index (χ1) is 14.4. The van der Waals surface area contributed by atoms with Crippen molar-refractivity contribution in [1.82, 2.24) is 25.3 Å². The molecule has 31 heavy (non-hydrogen) atoms. The number of nitrogens with zero attached hydrogens (tertiary/aromatic N) is 4. The van der Waals surface area contributed by atoms with Crippen molar-refractivity contribution in [2.75, 3.05) is 66.5 Å². The fourth-order valence-electron chi connectivity index (χ4n) is 3.64. The Kier molecular flexibility index (Phi) is 13.0. The highest BCUT2D eigenvalue weighted by molar-refractivity contribution is 14.0. The Hall–Kier alpha value is -1.39. The van der Waals surface area contributed by atoms with Gasteiger partial charge in [0.2, 0.25) is 0 Å². The molecule has 176 valence electrons. The van der Waals surface area contributed by atoms with Crippen LogP contribution in [0.25, 0.3) is 0 Å². The Morgan fingerprint density at radius 2 is 1.87 bits per heavy atom. The number of aliphatic imine (C=N–C) groups is 1. The number of guanidine groups is 1. The lowest BCUT2D eigenvalue weighted by atomic mass is 10.1. The Morgan fingerprint density at radius 3 is 2.48 bits per heavy atom. The van der Waals surface area contributed by atoms with Crippen LogP contribution in [0.1, 0.15) is 36.7 Å². The first kappa shape index (κ1) is 27.6. The van der Waals surface area contributed by atoms with Gasteiger partial charge in [0, 0.05) is 65.0 Å². The molecule has 2 N–H and O–H groups in total. The Labute approximate surface area is 205 Å². The van der Waals surface area contributed by atoms with Gasteiger partial charge in [0.25, 0.3) is 5.91 Å². The summed E-state index contributed by atoms with van der Waals surface area (Å²) in [4.78, 5) is 23.6. The highest BCUT2D eigenvalue weighted by Crippen LogP contribution is 2.08. The third-order valence-corrected chi connectivity index (χ3v) is 5.62. The summed E-state index contributed by atoms with van der Waals surface area (Å²) in [5.74, 6) is 0.894. The highest BCUT2D eigenvalue weighted by Gasteiger charge is 2.19. The molecular weight excluding hydrogens is 503 g/mol. The molecule has 0 aromatic heterocycles. The SMILES string of the molecule is CCNC(=NCC(C)N1CCN(CC)CC1)NCCc1cccc(C(=O)N(C)C)c1.I. The van der Waals surface area contributed by atoms with Gasteiger partial charge in [-0.2, -0.15) is 0 Å². The van der Waals surface area contributed by atoms with Crippen molar-refractivity contribution in [2.45, 2.75) is 33.2 Å². The van der Waals surface area contributed by atoms with Crippen molar-refractivity contribution in [1.29, 1.82) is 0 Å². The first-order valence-electron chi connectivity index (χ1n) is 11.2. The van der Waals surface area contributed by atoms with Gasteiger partial charge in [0.15, 0.2) is 5.96 Å². The van der Waals surface area contributed by atoms with Gasteiger partial charge in [0.1, 0.15) is 0 Å². The zero-order valence-electron chi connectivity index (χ0n) is 19.9. The molecule has 0 radical (unpaired) electrons. The smallest absolute Gasteiger partial charge is 0.253 e. The van der Waals surface area contributed by atoms with E-state index in [1.165, 1.54) is 0 Å². The van der Waals surface area contributed by atoms with E-state index < -0.39 is 0 Å². The zero-order chi connectivity index (χ0) is 21.9. The van der Waals surface area contributed by atoms with Crippen molar-refractivity contribution >= 4 is 35.8 Å². The molecule has 8 heteroatoms. The fourth-order valence-corrected chi connectivity index (χ4v) is 3.64. The van der Waals surface area contributed by atoms with Gasteiger partial charge in [-0.15, -0.1) is 24.0 Å². The quantitative estimate of drug-likeness (QED) is 0.284. The second-order valence-electron chi connectivity index (χ2n) is 8.12.